The van der Waals surface area contributed by atoms with Crippen molar-refractivity contribution in [2.24, 2.45) is 5.41 Å². The smallest absolute Gasteiger partial charge is 0.264 e. The number of hydrogen-bond acceptors (Lipinski definition) is 9. The molecule has 3 heterocycles. The molecule has 3 aromatic carbocycles. The fraction of sp³-hybridized carbons (Fsp3) is 0.243. The molecule has 1 atom stereocenters. The average Bonchev–Trinajstić information content (AvgIpc) is 3.69. The number of fused-ring (bicyclic) bond motifs is 1. The molecule has 14 heteroatoms. The van der Waals surface area contributed by atoms with E-state index in [0.717, 1.165) is 35.3 Å². The van der Waals surface area contributed by atoms with Crippen LogP contribution in [0.4, 0.5) is 11.5 Å². The topological polar surface area (TPSA) is 128 Å². The Labute approximate surface area is 305 Å². The summed E-state index contributed by atoms with van der Waals surface area (Å²) in [5.74, 6) is 2.38. The number of nitrogens with one attached hydrogen (secondary N) is 2. The maximum atomic E-state index is 12.8. The summed E-state index contributed by atoms with van der Waals surface area (Å²) in [7, 11) is -3.88. The number of rotatable bonds is 15. The van der Waals surface area contributed by atoms with Crippen molar-refractivity contribution in [2.45, 2.75) is 32.7 Å². The van der Waals surface area contributed by atoms with Gasteiger partial charge in [-0.1, -0.05) is 82.9 Å². The molecule has 11 nitrogen and oxygen atoms in total. The van der Waals surface area contributed by atoms with E-state index in [1.165, 1.54) is 17.5 Å². The van der Waals surface area contributed by atoms with E-state index in [9.17, 15) is 13.2 Å². The van der Waals surface area contributed by atoms with Crippen LogP contribution < -0.4 is 15.4 Å². The number of carbonyl (C=O) groups is 1. The number of nitrogens with zero attached hydrogens (tertiary/aromatic N) is 4. The monoisotopic (exact) mass is 746 g/mol. The molecule has 0 saturated heterocycles. The molecule has 5 aromatic rings. The lowest BCUT2D eigenvalue weighted by molar-refractivity contribution is -0.130. The zero-order valence-corrected chi connectivity index (χ0v) is 30.8. The van der Waals surface area contributed by atoms with Crippen LogP contribution in [0.1, 0.15) is 25.0 Å². The summed E-state index contributed by atoms with van der Waals surface area (Å²) < 4.78 is 38.2. The lowest BCUT2D eigenvalue weighted by Gasteiger charge is -2.22. The number of allylic oxidation sites excluding steroid dienone is 1. The highest BCUT2D eigenvalue weighted by atomic mass is 35.5. The molecule has 0 aliphatic carbocycles. The molecule has 2 N–H and O–H groups in total. The average molecular weight is 747 g/mol. The molecular weight excluding hydrogens is 708 g/mol. The van der Waals surface area contributed by atoms with Crippen LogP contribution in [-0.2, 0) is 37.9 Å². The van der Waals surface area contributed by atoms with Crippen molar-refractivity contribution in [2.75, 3.05) is 24.7 Å². The lowest BCUT2D eigenvalue weighted by atomic mass is 9.94. The van der Waals surface area contributed by atoms with Crippen molar-refractivity contribution >= 4 is 66.2 Å². The number of benzene rings is 3. The van der Waals surface area contributed by atoms with Crippen LogP contribution in [0.15, 0.2) is 109 Å². The second-order valence-corrected chi connectivity index (χ2v) is 16.5. The Morgan fingerprint density at radius 2 is 1.71 bits per heavy atom. The lowest BCUT2D eigenvalue weighted by Crippen LogP contribution is -2.41. The van der Waals surface area contributed by atoms with Crippen molar-refractivity contribution in [3.8, 4) is 5.75 Å². The Morgan fingerprint density at radius 3 is 2.41 bits per heavy atom. The first-order valence-electron chi connectivity index (χ1n) is 16.2. The minimum absolute atomic E-state index is 0.216. The summed E-state index contributed by atoms with van der Waals surface area (Å²) in [5, 5.41) is 8.82. The standard InChI is InChI=1S/C37H39ClN6O5S2/c1-37(2,25-48-51(3,46)47)36(45)39-17-19-43-18-16-32-34(43)35(41-26-40-32)42-29-14-15-33(31(38)20-29)49-30-22-44(21-27-10-6-4-7-11-27)50(24-30)23-28-12-8-5-9-13-28/h4-16,18,20,22,24,26H,17,19,21,23,25H2,1-3H3,(H,39,45)(H,40,41,42). The number of hydrogen-bond donors (Lipinski definition) is 2. The largest absolute Gasteiger partial charge is 0.454 e. The fourth-order valence-electron chi connectivity index (χ4n) is 5.34. The quantitative estimate of drug-likeness (QED) is 0.0872. The third kappa shape index (κ3) is 9.56. The van der Waals surface area contributed by atoms with E-state index in [2.05, 4.69) is 85.0 Å². The molecule has 1 aliphatic rings. The van der Waals surface area contributed by atoms with Crippen molar-refractivity contribution in [3.05, 3.63) is 126 Å². The maximum absolute atomic E-state index is 12.8. The molecule has 266 valence electrons. The molecular formula is C37H39ClN6O5S2. The van der Waals surface area contributed by atoms with Gasteiger partial charge in [0, 0.05) is 36.1 Å². The summed E-state index contributed by atoms with van der Waals surface area (Å²) in [6, 6.07) is 28.2. The molecule has 0 spiro atoms. The molecule has 1 amide bonds. The van der Waals surface area contributed by atoms with Gasteiger partial charge in [0.2, 0.25) is 5.91 Å². The van der Waals surface area contributed by atoms with Crippen LogP contribution in [0, 0.1) is 5.41 Å². The van der Waals surface area contributed by atoms with Gasteiger partial charge in [-0.2, -0.15) is 8.42 Å². The molecule has 1 aliphatic heterocycles. The first-order valence-corrected chi connectivity index (χ1v) is 19.8. The van der Waals surface area contributed by atoms with Gasteiger partial charge in [-0.05, 0) is 49.2 Å². The number of aromatic nitrogens is 3. The predicted octanol–water partition coefficient (Wildman–Crippen LogP) is 6.87. The van der Waals surface area contributed by atoms with Gasteiger partial charge in [0.05, 0.1) is 41.6 Å². The van der Waals surface area contributed by atoms with Crippen molar-refractivity contribution in [3.63, 3.8) is 0 Å². The van der Waals surface area contributed by atoms with E-state index in [0.29, 0.717) is 35.4 Å². The Hall–Kier alpha value is -4.69. The first kappa shape index (κ1) is 36.1. The molecule has 0 bridgehead atoms. The van der Waals surface area contributed by atoms with Gasteiger partial charge < -0.3 is 24.2 Å². The SMILES string of the molecule is CC(C)(COS(C)(=O)=O)C(=O)NCCn1ccc2ncnc(Nc3ccc(OC4=CN(Cc5ccccc5)S(Cc5ccccc5)=C4)c(Cl)c3)c21. The Bertz CT molecular complexity index is 2190. The Kier molecular flexibility index (Phi) is 11.1. The summed E-state index contributed by atoms with van der Waals surface area (Å²) >= 11 is 6.78. The highest BCUT2D eigenvalue weighted by Gasteiger charge is 2.29. The number of carbonyl (C=O) groups excluding carboxylic acids is 1. The predicted molar refractivity (Wildman–Crippen MR) is 204 cm³/mol. The van der Waals surface area contributed by atoms with Gasteiger partial charge >= 0.3 is 0 Å². The van der Waals surface area contributed by atoms with Gasteiger partial charge in [-0.3, -0.25) is 8.98 Å². The molecule has 0 radical (unpaired) electrons. The molecule has 1 unspecified atom stereocenters. The Balaban J connectivity index is 1.13. The third-order valence-corrected chi connectivity index (χ3v) is 10.8. The van der Waals surface area contributed by atoms with E-state index in [4.69, 9.17) is 20.5 Å². The summed E-state index contributed by atoms with van der Waals surface area (Å²) in [4.78, 5) is 21.7. The summed E-state index contributed by atoms with van der Waals surface area (Å²) in [6.07, 6.45) is 6.37. The number of amides is 1. The van der Waals surface area contributed by atoms with E-state index in [1.807, 2.05) is 41.1 Å². The summed E-state index contributed by atoms with van der Waals surface area (Å²) in [5.41, 5.74) is 3.62. The van der Waals surface area contributed by atoms with Crippen molar-refractivity contribution < 1.29 is 22.1 Å². The number of ether oxygens (including phenoxy) is 1. The maximum Gasteiger partial charge on any atom is 0.264 e. The fourth-order valence-corrected chi connectivity index (χ4v) is 7.92. The summed E-state index contributed by atoms with van der Waals surface area (Å²) in [6.45, 7) is 4.48. The van der Waals surface area contributed by atoms with E-state index < -0.39 is 15.5 Å². The van der Waals surface area contributed by atoms with Crippen LogP contribution in [0.5, 0.6) is 5.75 Å². The molecule has 51 heavy (non-hydrogen) atoms. The first-order chi connectivity index (χ1) is 24.4. The van der Waals surface area contributed by atoms with Gasteiger partial charge in [0.15, 0.2) is 11.6 Å². The van der Waals surface area contributed by atoms with E-state index in [1.54, 1.807) is 19.9 Å². The van der Waals surface area contributed by atoms with E-state index in [-0.39, 0.29) is 23.2 Å². The Morgan fingerprint density at radius 1 is 0.980 bits per heavy atom. The molecule has 0 saturated carbocycles. The second-order valence-electron chi connectivity index (χ2n) is 12.7. The van der Waals surface area contributed by atoms with Gasteiger partial charge in [0.25, 0.3) is 10.1 Å². The van der Waals surface area contributed by atoms with Crippen molar-refractivity contribution in [1.29, 1.82) is 0 Å². The second kappa shape index (κ2) is 15.7. The zero-order valence-electron chi connectivity index (χ0n) is 28.5. The van der Waals surface area contributed by atoms with Gasteiger partial charge in [-0.15, -0.1) is 0 Å². The highest BCUT2D eigenvalue weighted by molar-refractivity contribution is 8.12. The highest BCUT2D eigenvalue weighted by Crippen LogP contribution is 2.36. The third-order valence-electron chi connectivity index (χ3n) is 8.02. The van der Waals surface area contributed by atoms with Crippen molar-refractivity contribution in [1.82, 2.24) is 24.2 Å². The minimum atomic E-state index is -3.66. The van der Waals surface area contributed by atoms with E-state index >= 15 is 0 Å². The van der Waals surface area contributed by atoms with Crippen LogP contribution in [0.25, 0.3) is 11.0 Å². The normalized spacial score (nSPS) is 14.6. The van der Waals surface area contributed by atoms with Crippen LogP contribution in [-0.4, -0.2) is 57.9 Å². The van der Waals surface area contributed by atoms with Crippen LogP contribution in [0.2, 0.25) is 5.02 Å². The van der Waals surface area contributed by atoms with Crippen LogP contribution in [0.3, 0.4) is 0 Å². The molecule has 2 aromatic heterocycles. The molecule has 6 rings (SSSR count). The van der Waals surface area contributed by atoms with Gasteiger partial charge in [-0.25, -0.2) is 9.97 Å². The number of halogens is 1. The molecule has 0 fully saturated rings. The minimum Gasteiger partial charge on any atom is -0.454 e. The van der Waals surface area contributed by atoms with Crippen LogP contribution >= 0.6 is 22.3 Å². The number of anilines is 2. The van der Waals surface area contributed by atoms with Gasteiger partial charge in [0.1, 0.15) is 17.6 Å². The zero-order chi connectivity index (χ0) is 36.0.